The van der Waals surface area contributed by atoms with Gasteiger partial charge in [0.1, 0.15) is 5.75 Å². The van der Waals surface area contributed by atoms with Crippen LogP contribution in [0.1, 0.15) is 50.2 Å². The number of amides is 1. The maximum absolute atomic E-state index is 13.6. The summed E-state index contributed by atoms with van der Waals surface area (Å²) < 4.78 is 46.3. The number of rotatable bonds is 11. The molecule has 0 spiro atoms. The van der Waals surface area contributed by atoms with Crippen molar-refractivity contribution >= 4 is 23.5 Å². The van der Waals surface area contributed by atoms with Crippen LogP contribution >= 0.6 is 0 Å². The van der Waals surface area contributed by atoms with Crippen molar-refractivity contribution in [2.24, 2.45) is 0 Å². The van der Waals surface area contributed by atoms with Crippen LogP contribution in [0.25, 0.3) is 0 Å². The monoisotopic (exact) mass is 515 g/mol. The van der Waals surface area contributed by atoms with E-state index < -0.39 is 40.7 Å². The predicted octanol–water partition coefficient (Wildman–Crippen LogP) is 5.68. The van der Waals surface area contributed by atoms with Crippen LogP contribution < -0.4 is 10.1 Å². The van der Waals surface area contributed by atoms with Crippen LogP contribution in [0.2, 0.25) is 0 Å². The number of benzene rings is 3. The quantitative estimate of drug-likeness (QED) is 0.283. The van der Waals surface area contributed by atoms with Gasteiger partial charge in [0.05, 0.1) is 23.3 Å². The summed E-state index contributed by atoms with van der Waals surface area (Å²) in [5.74, 6) is -3.77. The lowest BCUT2D eigenvalue weighted by Crippen LogP contribution is -2.15. The standard InChI is InChI=1S/C27H24F3NO6/c28-27(29,30)22-15-18(8-12-23(22)37-14-4-7-17-5-2-1-3-6-17)9-13-24(32)31-19-10-11-20(25(33)34)21(16-19)26(35)36/h1-3,5-6,8,10-12,15-16H,4,7,9,13-14H2,(H,31,32)(H,33,34)(H,35,36). The molecule has 10 heteroatoms. The topological polar surface area (TPSA) is 113 Å². The maximum atomic E-state index is 13.6. The van der Waals surface area contributed by atoms with E-state index >= 15 is 0 Å². The molecule has 0 bridgehead atoms. The Balaban J connectivity index is 1.61. The molecule has 0 atom stereocenters. The van der Waals surface area contributed by atoms with Crippen LogP contribution in [0.4, 0.5) is 18.9 Å². The number of hydrogen-bond donors (Lipinski definition) is 3. The van der Waals surface area contributed by atoms with Crippen LogP contribution in [-0.4, -0.2) is 34.7 Å². The van der Waals surface area contributed by atoms with Gasteiger partial charge in [-0.2, -0.15) is 13.2 Å². The minimum Gasteiger partial charge on any atom is -0.493 e. The van der Waals surface area contributed by atoms with Crippen LogP contribution in [-0.2, 0) is 23.8 Å². The predicted molar refractivity (Wildman–Crippen MR) is 129 cm³/mol. The van der Waals surface area contributed by atoms with E-state index in [1.807, 2.05) is 30.3 Å². The van der Waals surface area contributed by atoms with Crippen molar-refractivity contribution in [2.75, 3.05) is 11.9 Å². The number of ether oxygens (including phenoxy) is 1. The zero-order chi connectivity index (χ0) is 27.0. The van der Waals surface area contributed by atoms with Crippen LogP contribution in [0.15, 0.2) is 66.7 Å². The van der Waals surface area contributed by atoms with Gasteiger partial charge in [-0.05, 0) is 60.7 Å². The molecule has 37 heavy (non-hydrogen) atoms. The molecule has 3 rings (SSSR count). The van der Waals surface area contributed by atoms with E-state index in [-0.39, 0.29) is 36.4 Å². The van der Waals surface area contributed by atoms with E-state index in [4.69, 9.17) is 9.84 Å². The van der Waals surface area contributed by atoms with Gasteiger partial charge in [-0.3, -0.25) is 4.79 Å². The number of anilines is 1. The van der Waals surface area contributed by atoms with Crippen molar-refractivity contribution in [3.05, 3.63) is 94.5 Å². The second-order valence-electron chi connectivity index (χ2n) is 8.18. The average Bonchev–Trinajstić information content (AvgIpc) is 2.85. The molecule has 0 radical (unpaired) electrons. The highest BCUT2D eigenvalue weighted by atomic mass is 19.4. The molecule has 0 fully saturated rings. The molecule has 194 valence electrons. The van der Waals surface area contributed by atoms with E-state index in [1.54, 1.807) is 0 Å². The normalized spacial score (nSPS) is 11.1. The lowest BCUT2D eigenvalue weighted by molar-refractivity contribution is -0.139. The molecule has 0 unspecified atom stereocenters. The number of carboxylic acids is 2. The van der Waals surface area contributed by atoms with E-state index in [2.05, 4.69) is 5.32 Å². The summed E-state index contributed by atoms with van der Waals surface area (Å²) in [4.78, 5) is 34.7. The molecular weight excluding hydrogens is 491 g/mol. The fourth-order valence-electron chi connectivity index (χ4n) is 3.65. The Kier molecular flexibility index (Phi) is 8.89. The highest BCUT2D eigenvalue weighted by Gasteiger charge is 2.34. The molecule has 0 saturated heterocycles. The fourth-order valence-corrected chi connectivity index (χ4v) is 3.65. The van der Waals surface area contributed by atoms with Crippen LogP contribution in [0.3, 0.4) is 0 Å². The van der Waals surface area contributed by atoms with Gasteiger partial charge in [-0.15, -0.1) is 0 Å². The van der Waals surface area contributed by atoms with Gasteiger partial charge in [0.15, 0.2) is 0 Å². The second kappa shape index (κ2) is 12.1. The van der Waals surface area contributed by atoms with E-state index in [9.17, 15) is 32.7 Å². The summed E-state index contributed by atoms with van der Waals surface area (Å²) in [6, 6.07) is 16.5. The van der Waals surface area contributed by atoms with Crippen LogP contribution in [0, 0.1) is 0 Å². The Morgan fingerprint density at radius 2 is 1.51 bits per heavy atom. The molecule has 7 nitrogen and oxygen atoms in total. The van der Waals surface area contributed by atoms with Crippen molar-refractivity contribution in [1.82, 2.24) is 0 Å². The number of carboxylic acid groups (broad SMARTS) is 2. The molecule has 3 N–H and O–H groups in total. The molecule has 0 aromatic heterocycles. The molecule has 3 aromatic carbocycles. The minimum atomic E-state index is -4.65. The first-order valence-corrected chi connectivity index (χ1v) is 11.3. The van der Waals surface area contributed by atoms with Gasteiger partial charge >= 0.3 is 18.1 Å². The molecule has 3 aromatic rings. The first-order valence-electron chi connectivity index (χ1n) is 11.3. The Morgan fingerprint density at radius 3 is 2.16 bits per heavy atom. The molecule has 0 aliphatic carbocycles. The third-order valence-electron chi connectivity index (χ3n) is 5.46. The SMILES string of the molecule is O=C(CCc1ccc(OCCCc2ccccc2)c(C(F)(F)F)c1)Nc1ccc(C(=O)O)c(C(=O)O)c1. The Morgan fingerprint density at radius 1 is 0.811 bits per heavy atom. The number of carbonyl (C=O) groups excluding carboxylic acids is 1. The fraction of sp³-hybridized carbons (Fsp3) is 0.222. The lowest BCUT2D eigenvalue weighted by atomic mass is 10.0. The zero-order valence-electron chi connectivity index (χ0n) is 19.5. The first kappa shape index (κ1) is 27.3. The summed E-state index contributed by atoms with van der Waals surface area (Å²) >= 11 is 0. The number of hydrogen-bond acceptors (Lipinski definition) is 4. The van der Waals surface area contributed by atoms with E-state index in [0.29, 0.717) is 12.8 Å². The van der Waals surface area contributed by atoms with Gasteiger partial charge in [-0.25, -0.2) is 9.59 Å². The number of aryl methyl sites for hydroxylation is 2. The maximum Gasteiger partial charge on any atom is 0.419 e. The number of halogens is 3. The van der Waals surface area contributed by atoms with Crippen LogP contribution in [0.5, 0.6) is 5.75 Å². The van der Waals surface area contributed by atoms with E-state index in [1.165, 1.54) is 18.2 Å². The van der Waals surface area contributed by atoms with Crippen molar-refractivity contribution in [1.29, 1.82) is 0 Å². The Bertz CT molecular complexity index is 1270. The number of nitrogens with one attached hydrogen (secondary N) is 1. The van der Waals surface area contributed by atoms with Crippen molar-refractivity contribution < 1.29 is 42.5 Å². The number of aromatic carboxylic acids is 2. The third-order valence-corrected chi connectivity index (χ3v) is 5.46. The molecule has 0 aliphatic heterocycles. The lowest BCUT2D eigenvalue weighted by Gasteiger charge is -2.15. The highest BCUT2D eigenvalue weighted by molar-refractivity contribution is 6.03. The zero-order valence-corrected chi connectivity index (χ0v) is 19.5. The third kappa shape index (κ3) is 7.83. The first-order chi connectivity index (χ1) is 17.5. The second-order valence-corrected chi connectivity index (χ2v) is 8.18. The Labute approximate surface area is 210 Å². The average molecular weight is 515 g/mol. The summed E-state index contributed by atoms with van der Waals surface area (Å²) in [5.41, 5.74) is -0.477. The highest BCUT2D eigenvalue weighted by Crippen LogP contribution is 2.37. The molecule has 1 amide bonds. The van der Waals surface area contributed by atoms with Crippen molar-refractivity contribution in [3.63, 3.8) is 0 Å². The number of alkyl halides is 3. The van der Waals surface area contributed by atoms with Gasteiger partial charge < -0.3 is 20.3 Å². The molecule has 0 saturated carbocycles. The molecule has 0 heterocycles. The van der Waals surface area contributed by atoms with Crippen molar-refractivity contribution in [2.45, 2.75) is 31.9 Å². The number of carbonyl (C=O) groups is 3. The summed E-state index contributed by atoms with van der Waals surface area (Å²) in [6.45, 7) is 0.110. The van der Waals surface area contributed by atoms with Gasteiger partial charge in [0, 0.05) is 12.1 Å². The molecular formula is C27H24F3NO6. The summed E-state index contributed by atoms with van der Waals surface area (Å²) in [5, 5.41) is 20.7. The minimum absolute atomic E-state index is 0.0117. The largest absolute Gasteiger partial charge is 0.493 e. The summed E-state index contributed by atoms with van der Waals surface area (Å²) in [7, 11) is 0. The smallest absolute Gasteiger partial charge is 0.419 e. The van der Waals surface area contributed by atoms with Gasteiger partial charge in [0.2, 0.25) is 5.91 Å². The van der Waals surface area contributed by atoms with Crippen molar-refractivity contribution in [3.8, 4) is 5.75 Å². The van der Waals surface area contributed by atoms with Gasteiger partial charge in [0.25, 0.3) is 0 Å². The Hall–Kier alpha value is -4.34. The molecule has 0 aliphatic rings. The van der Waals surface area contributed by atoms with E-state index in [0.717, 1.165) is 23.8 Å². The van der Waals surface area contributed by atoms with Gasteiger partial charge in [-0.1, -0.05) is 36.4 Å². The summed E-state index contributed by atoms with van der Waals surface area (Å²) in [6.07, 6.45) is -3.63.